The zero-order chi connectivity index (χ0) is 22.8. The molecule has 5 rings (SSSR count). The van der Waals surface area contributed by atoms with Crippen molar-refractivity contribution in [2.24, 2.45) is 0 Å². The molecule has 0 saturated heterocycles. The Labute approximate surface area is 190 Å². The lowest BCUT2D eigenvalue weighted by atomic mass is 9.82. The number of ether oxygens (including phenoxy) is 1. The first-order valence-corrected chi connectivity index (χ1v) is 10.6. The predicted octanol–water partition coefficient (Wildman–Crippen LogP) is 4.10. The number of amides is 1. The minimum absolute atomic E-state index is 0.144. The van der Waals surface area contributed by atoms with E-state index in [9.17, 15) is 14.7 Å². The molecular weight excluding hydrogens is 428 g/mol. The van der Waals surface area contributed by atoms with E-state index in [1.54, 1.807) is 54.6 Å². The predicted molar refractivity (Wildman–Crippen MR) is 121 cm³/mol. The number of ketones is 1. The summed E-state index contributed by atoms with van der Waals surface area (Å²) in [5, 5.41) is 15.2. The molecule has 6 nitrogen and oxygen atoms in total. The molecule has 1 aliphatic carbocycles. The van der Waals surface area contributed by atoms with Crippen molar-refractivity contribution < 1.29 is 19.4 Å². The molecule has 0 fully saturated rings. The number of aliphatic hydroxyl groups is 1. The molecule has 1 amide bonds. The van der Waals surface area contributed by atoms with Crippen LogP contribution in [-0.2, 0) is 11.3 Å². The zero-order valence-electron chi connectivity index (χ0n) is 17.5. The minimum atomic E-state index is -2.14. The van der Waals surface area contributed by atoms with Gasteiger partial charge in [-0.2, -0.15) is 0 Å². The molecule has 32 heavy (non-hydrogen) atoms. The van der Waals surface area contributed by atoms with E-state index in [-0.39, 0.29) is 28.3 Å². The number of Topliss-reactive ketones (excluding diaryl/α,β-unsaturated/α-hetero) is 1. The quantitative estimate of drug-likeness (QED) is 0.523. The maximum absolute atomic E-state index is 13.9. The van der Waals surface area contributed by atoms with E-state index in [0.717, 1.165) is 5.56 Å². The average Bonchev–Trinajstić information content (AvgIpc) is 3.11. The second kappa shape index (κ2) is 6.82. The van der Waals surface area contributed by atoms with Gasteiger partial charge in [-0.05, 0) is 47.9 Å². The second-order valence-electron chi connectivity index (χ2n) is 8.47. The molecule has 162 valence electrons. The molecule has 0 spiro atoms. The summed E-state index contributed by atoms with van der Waals surface area (Å²) >= 11 is 5.95. The Hall–Kier alpha value is -3.35. The summed E-state index contributed by atoms with van der Waals surface area (Å²) in [6, 6.07) is 16.5. The van der Waals surface area contributed by atoms with E-state index in [2.05, 4.69) is 5.32 Å². The fourth-order valence-corrected chi connectivity index (χ4v) is 4.72. The van der Waals surface area contributed by atoms with Gasteiger partial charge in [0.2, 0.25) is 11.3 Å². The standard InChI is InChI=1S/C25H21ClN2O4/c1-13(2)15-8-11-17-20(12-15)32-25(31)18-4-3-5-19(27)21(18)22(29)24(17,25)28-23(30)14-6-9-16(26)10-7-14/h3-13,31H,27H2,1-2H3,(H,28,30). The number of nitrogens with one attached hydrogen (secondary N) is 1. The smallest absolute Gasteiger partial charge is 0.271 e. The van der Waals surface area contributed by atoms with Crippen LogP contribution in [0.1, 0.15) is 57.2 Å². The third kappa shape index (κ3) is 2.57. The molecule has 3 aromatic carbocycles. The van der Waals surface area contributed by atoms with Crippen molar-refractivity contribution in [3.8, 4) is 5.75 Å². The molecule has 0 radical (unpaired) electrons. The lowest BCUT2D eigenvalue weighted by Gasteiger charge is -2.34. The van der Waals surface area contributed by atoms with Crippen molar-refractivity contribution in [3.63, 3.8) is 0 Å². The first-order valence-electron chi connectivity index (χ1n) is 10.3. The number of carbonyl (C=O) groups is 2. The number of carbonyl (C=O) groups excluding carboxylic acids is 2. The van der Waals surface area contributed by atoms with Gasteiger partial charge in [0.05, 0.1) is 5.56 Å². The van der Waals surface area contributed by atoms with Crippen molar-refractivity contribution in [2.45, 2.75) is 31.1 Å². The third-order valence-corrected chi connectivity index (χ3v) is 6.53. The van der Waals surface area contributed by atoms with Crippen LogP contribution >= 0.6 is 11.6 Å². The molecule has 2 atom stereocenters. The molecule has 1 heterocycles. The summed E-state index contributed by atoms with van der Waals surface area (Å²) in [4.78, 5) is 27.1. The lowest BCUT2D eigenvalue weighted by molar-refractivity contribution is -0.169. The van der Waals surface area contributed by atoms with Gasteiger partial charge in [0.25, 0.3) is 11.7 Å². The van der Waals surface area contributed by atoms with Crippen LogP contribution in [0.25, 0.3) is 0 Å². The summed E-state index contributed by atoms with van der Waals surface area (Å²) in [6.45, 7) is 4.07. The molecule has 3 aromatic rings. The van der Waals surface area contributed by atoms with Crippen LogP contribution in [0.2, 0.25) is 5.02 Å². The molecule has 2 aliphatic rings. The van der Waals surface area contributed by atoms with E-state index in [0.29, 0.717) is 16.3 Å². The largest absolute Gasteiger partial charge is 0.454 e. The molecule has 0 saturated carbocycles. The highest BCUT2D eigenvalue weighted by Gasteiger charge is 2.72. The van der Waals surface area contributed by atoms with E-state index < -0.39 is 23.0 Å². The van der Waals surface area contributed by atoms with Gasteiger partial charge >= 0.3 is 0 Å². The fourth-order valence-electron chi connectivity index (χ4n) is 4.59. The highest BCUT2D eigenvalue weighted by atomic mass is 35.5. The summed E-state index contributed by atoms with van der Waals surface area (Å²) < 4.78 is 6.06. The van der Waals surface area contributed by atoms with Crippen LogP contribution in [-0.4, -0.2) is 16.8 Å². The maximum Gasteiger partial charge on any atom is 0.271 e. The summed E-state index contributed by atoms with van der Waals surface area (Å²) in [7, 11) is 0. The Bertz CT molecular complexity index is 1290. The van der Waals surface area contributed by atoms with Crippen LogP contribution in [0.4, 0.5) is 5.69 Å². The Kier molecular flexibility index (Phi) is 4.38. The third-order valence-electron chi connectivity index (χ3n) is 6.28. The van der Waals surface area contributed by atoms with Gasteiger partial charge in [-0.1, -0.05) is 49.7 Å². The van der Waals surface area contributed by atoms with E-state index >= 15 is 0 Å². The Morgan fingerprint density at radius 2 is 1.81 bits per heavy atom. The van der Waals surface area contributed by atoms with Gasteiger partial charge in [-0.3, -0.25) is 9.59 Å². The molecule has 4 N–H and O–H groups in total. The minimum Gasteiger partial charge on any atom is -0.454 e. The molecule has 2 unspecified atom stereocenters. The number of fused-ring (bicyclic) bond motifs is 5. The molecular formula is C25H21ClN2O4. The SMILES string of the molecule is CC(C)c1ccc2c(c1)OC1(O)c3cccc(N)c3C(=O)C21NC(=O)c1ccc(Cl)cc1. The summed E-state index contributed by atoms with van der Waals surface area (Å²) in [6.07, 6.45) is 0. The van der Waals surface area contributed by atoms with Gasteiger partial charge in [-0.15, -0.1) is 0 Å². The van der Waals surface area contributed by atoms with Crippen LogP contribution in [0.3, 0.4) is 0 Å². The van der Waals surface area contributed by atoms with Gasteiger partial charge in [-0.25, -0.2) is 0 Å². The number of benzene rings is 3. The Morgan fingerprint density at radius 1 is 1.09 bits per heavy atom. The lowest BCUT2D eigenvalue weighted by Crippen LogP contribution is -2.60. The average molecular weight is 449 g/mol. The molecule has 1 aliphatic heterocycles. The van der Waals surface area contributed by atoms with Crippen LogP contribution in [0.15, 0.2) is 60.7 Å². The van der Waals surface area contributed by atoms with Crippen molar-refractivity contribution in [2.75, 3.05) is 5.73 Å². The van der Waals surface area contributed by atoms with E-state index in [1.165, 1.54) is 0 Å². The maximum atomic E-state index is 13.9. The number of nitrogen functional groups attached to an aromatic ring is 1. The number of hydrogen-bond donors (Lipinski definition) is 3. The molecule has 0 aromatic heterocycles. The van der Waals surface area contributed by atoms with Crippen molar-refractivity contribution in [3.05, 3.63) is 93.5 Å². The topological polar surface area (TPSA) is 102 Å². The summed E-state index contributed by atoms with van der Waals surface area (Å²) in [5.41, 5.74) is 6.45. The fraction of sp³-hybridized carbons (Fsp3) is 0.200. The monoisotopic (exact) mass is 448 g/mol. The van der Waals surface area contributed by atoms with E-state index in [4.69, 9.17) is 22.1 Å². The molecule has 7 heteroatoms. The first-order chi connectivity index (χ1) is 15.2. The van der Waals surface area contributed by atoms with E-state index in [1.807, 2.05) is 19.9 Å². The van der Waals surface area contributed by atoms with Crippen molar-refractivity contribution in [1.82, 2.24) is 5.32 Å². The number of halogens is 1. The van der Waals surface area contributed by atoms with Crippen LogP contribution in [0, 0.1) is 0 Å². The highest BCUT2D eigenvalue weighted by molar-refractivity contribution is 6.30. The van der Waals surface area contributed by atoms with Gasteiger partial charge in [0, 0.05) is 27.4 Å². The number of nitrogens with two attached hydrogens (primary N) is 1. The zero-order valence-corrected chi connectivity index (χ0v) is 18.2. The van der Waals surface area contributed by atoms with Crippen LogP contribution < -0.4 is 15.8 Å². The number of hydrogen-bond acceptors (Lipinski definition) is 5. The number of anilines is 1. The molecule has 0 bridgehead atoms. The normalized spacial score (nSPS) is 22.8. The number of rotatable bonds is 3. The Morgan fingerprint density at radius 3 is 2.50 bits per heavy atom. The van der Waals surface area contributed by atoms with Crippen molar-refractivity contribution >= 4 is 29.0 Å². The summed E-state index contributed by atoms with van der Waals surface area (Å²) in [5.74, 6) is -2.67. The van der Waals surface area contributed by atoms with Gasteiger partial charge in [0.1, 0.15) is 5.75 Å². The Balaban J connectivity index is 1.72. The van der Waals surface area contributed by atoms with Gasteiger partial charge in [0.15, 0.2) is 0 Å². The highest BCUT2D eigenvalue weighted by Crippen LogP contribution is 2.59. The second-order valence-corrected chi connectivity index (χ2v) is 8.90. The first kappa shape index (κ1) is 20.5. The van der Waals surface area contributed by atoms with Crippen molar-refractivity contribution in [1.29, 1.82) is 0 Å². The van der Waals surface area contributed by atoms with Gasteiger partial charge < -0.3 is 20.9 Å². The van der Waals surface area contributed by atoms with Crippen LogP contribution in [0.5, 0.6) is 5.75 Å².